The summed E-state index contributed by atoms with van der Waals surface area (Å²) in [5.74, 6) is 0.749. The molecule has 0 radical (unpaired) electrons. The summed E-state index contributed by atoms with van der Waals surface area (Å²) in [7, 11) is 0. The number of carbonyl (C=O) groups is 1. The average Bonchev–Trinajstić information content (AvgIpc) is 3.34. The number of rotatable bonds is 3. The highest BCUT2D eigenvalue weighted by Gasteiger charge is 2.32. The molecule has 1 aliphatic heterocycles. The average molecular weight is 326 g/mol. The lowest BCUT2D eigenvalue weighted by molar-refractivity contribution is -0.132. The minimum Gasteiger partial charge on any atom is -0.340 e. The zero-order chi connectivity index (χ0) is 16.7. The Hall–Kier alpha value is -1.88. The molecule has 128 valence electrons. The number of aryl methyl sites for hydroxylation is 1. The largest absolute Gasteiger partial charge is 0.340 e. The van der Waals surface area contributed by atoms with Gasteiger partial charge in [-0.25, -0.2) is 4.98 Å². The monoisotopic (exact) mass is 326 g/mol. The van der Waals surface area contributed by atoms with E-state index in [0.717, 1.165) is 43.3 Å². The van der Waals surface area contributed by atoms with Crippen LogP contribution in [0.2, 0.25) is 0 Å². The molecule has 1 saturated heterocycles. The van der Waals surface area contributed by atoms with E-state index in [-0.39, 0.29) is 5.91 Å². The Kier molecular flexibility index (Phi) is 4.04. The van der Waals surface area contributed by atoms with Crippen molar-refractivity contribution in [3.63, 3.8) is 0 Å². The maximum Gasteiger partial charge on any atom is 0.242 e. The number of benzene rings is 1. The van der Waals surface area contributed by atoms with Gasteiger partial charge < -0.3 is 9.47 Å². The number of carbonyl (C=O) groups excluding carboxylic acids is 1. The number of hydrogen-bond donors (Lipinski definition) is 0. The Morgan fingerprint density at radius 3 is 2.88 bits per heavy atom. The zero-order valence-corrected chi connectivity index (χ0v) is 14.6. The molecule has 2 aromatic rings. The standard InChI is InChI=1S/C19H26N4O/c1-14-3-6-17-18(9-14)23(13-20-17)12-19(24)22-8-7-21(16-4-5-16)10-15(2)11-22/h3,6,9,13,15-16H,4-5,7-8,10-12H2,1-2H3. The fraction of sp³-hybridized carbons (Fsp3) is 0.579. The highest BCUT2D eigenvalue weighted by atomic mass is 16.2. The van der Waals surface area contributed by atoms with Gasteiger partial charge in [-0.2, -0.15) is 0 Å². The van der Waals surface area contributed by atoms with Crippen LogP contribution in [0.1, 0.15) is 25.3 Å². The van der Waals surface area contributed by atoms with Crippen molar-refractivity contribution in [2.75, 3.05) is 26.2 Å². The first-order valence-electron chi connectivity index (χ1n) is 9.03. The third kappa shape index (κ3) is 3.18. The quantitative estimate of drug-likeness (QED) is 0.869. The van der Waals surface area contributed by atoms with Crippen molar-refractivity contribution in [2.45, 2.75) is 39.3 Å². The normalized spacial score (nSPS) is 22.8. The molecule has 1 amide bonds. The van der Waals surface area contributed by atoms with Gasteiger partial charge in [0.2, 0.25) is 5.91 Å². The van der Waals surface area contributed by atoms with E-state index in [4.69, 9.17) is 0 Å². The molecular formula is C19H26N4O. The molecule has 0 spiro atoms. The predicted molar refractivity (Wildman–Crippen MR) is 94.8 cm³/mol. The van der Waals surface area contributed by atoms with Crippen LogP contribution in [0, 0.1) is 12.8 Å². The van der Waals surface area contributed by atoms with E-state index in [1.165, 1.54) is 18.4 Å². The smallest absolute Gasteiger partial charge is 0.242 e. The molecular weight excluding hydrogens is 300 g/mol. The summed E-state index contributed by atoms with van der Waals surface area (Å²) in [4.78, 5) is 21.9. The van der Waals surface area contributed by atoms with Gasteiger partial charge >= 0.3 is 0 Å². The van der Waals surface area contributed by atoms with Crippen molar-refractivity contribution in [1.29, 1.82) is 0 Å². The third-order valence-electron chi connectivity index (χ3n) is 5.23. The number of aromatic nitrogens is 2. The van der Waals surface area contributed by atoms with Crippen LogP contribution in [0.25, 0.3) is 11.0 Å². The maximum atomic E-state index is 12.8. The van der Waals surface area contributed by atoms with Crippen molar-refractivity contribution >= 4 is 16.9 Å². The van der Waals surface area contributed by atoms with Crippen LogP contribution in [-0.4, -0.2) is 57.5 Å². The van der Waals surface area contributed by atoms with Crippen molar-refractivity contribution < 1.29 is 4.79 Å². The lowest BCUT2D eigenvalue weighted by Crippen LogP contribution is -2.38. The summed E-state index contributed by atoms with van der Waals surface area (Å²) in [5, 5.41) is 0. The molecule has 0 N–H and O–H groups in total. The first-order chi connectivity index (χ1) is 11.6. The van der Waals surface area contributed by atoms with Crippen LogP contribution in [0.5, 0.6) is 0 Å². The number of hydrogen-bond acceptors (Lipinski definition) is 3. The highest BCUT2D eigenvalue weighted by Crippen LogP contribution is 2.28. The highest BCUT2D eigenvalue weighted by molar-refractivity contribution is 5.81. The fourth-order valence-corrected chi connectivity index (χ4v) is 3.80. The first kappa shape index (κ1) is 15.6. The molecule has 24 heavy (non-hydrogen) atoms. The van der Waals surface area contributed by atoms with Gasteiger partial charge in [0.15, 0.2) is 0 Å². The van der Waals surface area contributed by atoms with Gasteiger partial charge in [-0.15, -0.1) is 0 Å². The summed E-state index contributed by atoms with van der Waals surface area (Å²) >= 11 is 0. The van der Waals surface area contributed by atoms with Crippen LogP contribution in [0.15, 0.2) is 24.5 Å². The molecule has 1 saturated carbocycles. The van der Waals surface area contributed by atoms with Crippen LogP contribution in [0.4, 0.5) is 0 Å². The van der Waals surface area contributed by atoms with E-state index < -0.39 is 0 Å². The summed E-state index contributed by atoms with van der Waals surface area (Å²) < 4.78 is 1.99. The minimum atomic E-state index is 0.209. The molecule has 4 rings (SSSR count). The van der Waals surface area contributed by atoms with Gasteiger partial charge in [-0.3, -0.25) is 9.69 Å². The number of imidazole rings is 1. The van der Waals surface area contributed by atoms with Gasteiger partial charge in [0.05, 0.1) is 17.4 Å². The van der Waals surface area contributed by atoms with E-state index >= 15 is 0 Å². The zero-order valence-electron chi connectivity index (χ0n) is 14.6. The summed E-state index contributed by atoms with van der Waals surface area (Å²) in [6.07, 6.45) is 4.46. The molecule has 5 heteroatoms. The number of fused-ring (bicyclic) bond motifs is 1. The Morgan fingerprint density at radius 1 is 1.25 bits per heavy atom. The van der Waals surface area contributed by atoms with Gasteiger partial charge in [0, 0.05) is 32.2 Å². The molecule has 1 atom stereocenters. The predicted octanol–water partition coefficient (Wildman–Crippen LogP) is 2.29. The van der Waals surface area contributed by atoms with Crippen molar-refractivity contribution in [2.24, 2.45) is 5.92 Å². The van der Waals surface area contributed by atoms with Crippen LogP contribution in [-0.2, 0) is 11.3 Å². The van der Waals surface area contributed by atoms with E-state index in [2.05, 4.69) is 40.8 Å². The lowest BCUT2D eigenvalue weighted by atomic mass is 10.1. The Balaban J connectivity index is 1.47. The lowest BCUT2D eigenvalue weighted by Gasteiger charge is -2.22. The topological polar surface area (TPSA) is 41.4 Å². The second kappa shape index (κ2) is 6.20. The van der Waals surface area contributed by atoms with E-state index in [1.807, 2.05) is 10.6 Å². The van der Waals surface area contributed by atoms with Crippen molar-refractivity contribution in [1.82, 2.24) is 19.4 Å². The van der Waals surface area contributed by atoms with Crippen molar-refractivity contribution in [3.8, 4) is 0 Å². The maximum absolute atomic E-state index is 12.8. The van der Waals surface area contributed by atoms with Gasteiger partial charge in [-0.05, 0) is 43.4 Å². The van der Waals surface area contributed by atoms with Crippen LogP contribution in [0.3, 0.4) is 0 Å². The summed E-state index contributed by atoms with van der Waals surface area (Å²) in [6, 6.07) is 6.97. The van der Waals surface area contributed by atoms with E-state index in [0.29, 0.717) is 12.5 Å². The molecule has 2 fully saturated rings. The molecule has 2 heterocycles. The van der Waals surface area contributed by atoms with Gasteiger partial charge in [0.1, 0.15) is 6.54 Å². The minimum absolute atomic E-state index is 0.209. The molecule has 1 aromatic carbocycles. The molecule has 1 aromatic heterocycles. The summed E-state index contributed by atoms with van der Waals surface area (Å²) in [5.41, 5.74) is 3.20. The van der Waals surface area contributed by atoms with Crippen LogP contribution < -0.4 is 0 Å². The van der Waals surface area contributed by atoms with Gasteiger partial charge in [-0.1, -0.05) is 13.0 Å². The van der Waals surface area contributed by atoms with Crippen LogP contribution >= 0.6 is 0 Å². The first-order valence-corrected chi connectivity index (χ1v) is 9.03. The van der Waals surface area contributed by atoms with E-state index in [9.17, 15) is 4.79 Å². The summed E-state index contributed by atoms with van der Waals surface area (Å²) in [6.45, 7) is 8.58. The second-order valence-electron chi connectivity index (χ2n) is 7.54. The number of nitrogens with zero attached hydrogens (tertiary/aromatic N) is 4. The Bertz CT molecular complexity index is 749. The third-order valence-corrected chi connectivity index (χ3v) is 5.23. The fourth-order valence-electron chi connectivity index (χ4n) is 3.80. The van der Waals surface area contributed by atoms with Crippen molar-refractivity contribution in [3.05, 3.63) is 30.1 Å². The Morgan fingerprint density at radius 2 is 2.08 bits per heavy atom. The number of amides is 1. The SMILES string of the molecule is Cc1ccc2ncn(CC(=O)N3CCN(C4CC4)CC(C)C3)c2c1. The second-order valence-corrected chi connectivity index (χ2v) is 7.54. The molecule has 1 unspecified atom stereocenters. The Labute approximate surface area is 143 Å². The van der Waals surface area contributed by atoms with E-state index in [1.54, 1.807) is 6.33 Å². The van der Waals surface area contributed by atoms with Gasteiger partial charge in [0.25, 0.3) is 0 Å². The molecule has 2 aliphatic rings. The molecule has 5 nitrogen and oxygen atoms in total. The molecule has 0 bridgehead atoms. The molecule has 1 aliphatic carbocycles.